The Morgan fingerprint density at radius 2 is 2.00 bits per heavy atom. The van der Waals surface area contributed by atoms with E-state index in [1.54, 1.807) is 0 Å². The Kier molecular flexibility index (Phi) is 10.7. The number of hydrogen-bond donors (Lipinski definition) is 0. The number of hydrogen-bond acceptors (Lipinski definition) is 0. The van der Waals surface area contributed by atoms with Crippen molar-refractivity contribution < 1.29 is 51.0 Å². The number of aryl methyl sites for hydroxylation is 1. The Labute approximate surface area is 129 Å². The van der Waals surface area contributed by atoms with Gasteiger partial charge in [0.25, 0.3) is 0 Å². The van der Waals surface area contributed by atoms with Crippen LogP contribution in [0.4, 0.5) is 0 Å². The Hall–Kier alpha value is 0.163. The van der Waals surface area contributed by atoms with Crippen LogP contribution < -0.4 is 24.8 Å². The maximum absolute atomic E-state index is 3.33. The van der Waals surface area contributed by atoms with Crippen LogP contribution in [0.5, 0.6) is 0 Å². The number of halogens is 2. The van der Waals surface area contributed by atoms with Crippen LogP contribution in [0.1, 0.15) is 24.5 Å². The summed E-state index contributed by atoms with van der Waals surface area (Å²) in [6.45, 7) is 2.18. The van der Waals surface area contributed by atoms with Gasteiger partial charge in [0.15, 0.2) is 0 Å². The Balaban J connectivity index is 0. The molecular formula is C13H13Cl2Zr. The van der Waals surface area contributed by atoms with Gasteiger partial charge in [-0.1, -0.05) is 31.0 Å². The molecule has 0 unspecified atom stereocenters. The molecular weight excluding hydrogens is 318 g/mol. The fourth-order valence-corrected chi connectivity index (χ4v) is 1.56. The Morgan fingerprint density at radius 1 is 1.25 bits per heavy atom. The van der Waals surface area contributed by atoms with Crippen LogP contribution >= 0.6 is 0 Å². The van der Waals surface area contributed by atoms with Crippen LogP contribution in [0.25, 0.3) is 5.57 Å². The molecule has 0 aromatic heterocycles. The largest absolute Gasteiger partial charge is 3.00 e. The standard InChI is InChI=1S/C13H13.2ClH.Zr/c1-2-11-6-5-9-13(10-11)12-7-3-4-8-12;;;/h3,5-7,9-10H,2,4H2,1H3;2*1H;/q-1;;;+3/p-2. The normalized spacial score (nSPS) is 11.9. The minimum Gasteiger partial charge on any atom is -1.00 e. The number of benzene rings is 1. The molecule has 0 saturated carbocycles. The molecule has 0 fully saturated rings. The second kappa shape index (κ2) is 9.22. The summed E-state index contributed by atoms with van der Waals surface area (Å²) in [5.74, 6) is 0. The molecule has 0 heterocycles. The summed E-state index contributed by atoms with van der Waals surface area (Å²) < 4.78 is 0. The van der Waals surface area contributed by atoms with Crippen LogP contribution in [-0.2, 0) is 32.6 Å². The van der Waals surface area contributed by atoms with Crippen molar-refractivity contribution in [2.24, 2.45) is 0 Å². The summed E-state index contributed by atoms with van der Waals surface area (Å²) >= 11 is 0. The molecule has 0 bridgehead atoms. The molecule has 0 atom stereocenters. The van der Waals surface area contributed by atoms with E-state index in [0.29, 0.717) is 0 Å². The first-order valence-corrected chi connectivity index (χ1v) is 4.77. The van der Waals surface area contributed by atoms with Gasteiger partial charge < -0.3 is 24.8 Å². The third kappa shape index (κ3) is 4.57. The van der Waals surface area contributed by atoms with Gasteiger partial charge in [0, 0.05) is 0 Å². The summed E-state index contributed by atoms with van der Waals surface area (Å²) in [5, 5.41) is 0. The van der Waals surface area contributed by atoms with Crippen molar-refractivity contribution in [3.05, 3.63) is 53.6 Å². The average Bonchev–Trinajstić information content (AvgIpc) is 2.71. The van der Waals surface area contributed by atoms with E-state index in [2.05, 4.69) is 49.4 Å². The molecule has 1 aromatic carbocycles. The molecule has 0 N–H and O–H groups in total. The van der Waals surface area contributed by atoms with Crippen molar-refractivity contribution in [2.45, 2.75) is 19.8 Å². The van der Waals surface area contributed by atoms with E-state index in [4.69, 9.17) is 0 Å². The number of rotatable bonds is 2. The monoisotopic (exact) mass is 329 g/mol. The van der Waals surface area contributed by atoms with Crippen LogP contribution in [-0.4, -0.2) is 0 Å². The molecule has 0 aliphatic heterocycles. The molecule has 0 amide bonds. The summed E-state index contributed by atoms with van der Waals surface area (Å²) in [4.78, 5) is 0. The SMILES string of the molecule is CCc1cccc(C2=[C-]CC=C2)c1.[Cl-].[Cl-].[Zr+3]. The smallest absolute Gasteiger partial charge is 1.00 e. The van der Waals surface area contributed by atoms with E-state index < -0.39 is 0 Å². The third-order valence-corrected chi connectivity index (χ3v) is 2.34. The first-order valence-electron chi connectivity index (χ1n) is 4.77. The van der Waals surface area contributed by atoms with Gasteiger partial charge in [0.1, 0.15) is 0 Å². The zero-order valence-corrected chi connectivity index (χ0v) is 13.1. The van der Waals surface area contributed by atoms with Gasteiger partial charge >= 0.3 is 26.2 Å². The number of allylic oxidation sites excluding steroid dienone is 4. The molecule has 83 valence electrons. The summed E-state index contributed by atoms with van der Waals surface area (Å²) in [7, 11) is 0. The van der Waals surface area contributed by atoms with Crippen molar-refractivity contribution in [1.82, 2.24) is 0 Å². The molecule has 2 rings (SSSR count). The fraction of sp³-hybridized carbons (Fsp3) is 0.231. The van der Waals surface area contributed by atoms with E-state index in [-0.39, 0.29) is 51.0 Å². The zero-order valence-electron chi connectivity index (χ0n) is 9.13. The maximum atomic E-state index is 3.33. The van der Waals surface area contributed by atoms with E-state index in [9.17, 15) is 0 Å². The second-order valence-corrected chi connectivity index (χ2v) is 3.25. The van der Waals surface area contributed by atoms with E-state index >= 15 is 0 Å². The van der Waals surface area contributed by atoms with E-state index in [1.807, 2.05) is 0 Å². The Morgan fingerprint density at radius 3 is 2.56 bits per heavy atom. The third-order valence-electron chi connectivity index (χ3n) is 2.34. The summed E-state index contributed by atoms with van der Waals surface area (Å²) in [6.07, 6.45) is 9.69. The first kappa shape index (κ1) is 18.5. The van der Waals surface area contributed by atoms with Crippen LogP contribution in [0.2, 0.25) is 0 Å². The fourth-order valence-electron chi connectivity index (χ4n) is 1.56. The molecule has 0 spiro atoms. The molecule has 1 aliphatic carbocycles. The minimum atomic E-state index is 0. The van der Waals surface area contributed by atoms with Crippen molar-refractivity contribution in [2.75, 3.05) is 0 Å². The van der Waals surface area contributed by atoms with Gasteiger partial charge in [-0.25, -0.2) is 0 Å². The molecule has 3 heteroatoms. The summed E-state index contributed by atoms with van der Waals surface area (Å²) in [6, 6.07) is 8.69. The quantitative estimate of drug-likeness (QED) is 0.522. The van der Waals surface area contributed by atoms with Gasteiger partial charge in [-0.05, 0) is 6.42 Å². The van der Waals surface area contributed by atoms with Gasteiger partial charge in [0.05, 0.1) is 0 Å². The van der Waals surface area contributed by atoms with Crippen molar-refractivity contribution in [1.29, 1.82) is 0 Å². The van der Waals surface area contributed by atoms with Crippen LogP contribution in [0.15, 0.2) is 36.4 Å². The van der Waals surface area contributed by atoms with Crippen molar-refractivity contribution in [3.63, 3.8) is 0 Å². The topological polar surface area (TPSA) is 0 Å². The van der Waals surface area contributed by atoms with Gasteiger partial charge in [-0.2, -0.15) is 17.7 Å². The molecule has 0 nitrogen and oxygen atoms in total. The predicted molar refractivity (Wildman–Crippen MR) is 56.2 cm³/mol. The molecule has 1 aromatic rings. The first-order chi connectivity index (χ1) is 6.40. The van der Waals surface area contributed by atoms with E-state index in [1.165, 1.54) is 16.7 Å². The zero-order chi connectivity index (χ0) is 9.10. The minimum absolute atomic E-state index is 0. The van der Waals surface area contributed by atoms with Gasteiger partial charge in [0.2, 0.25) is 0 Å². The van der Waals surface area contributed by atoms with Crippen molar-refractivity contribution in [3.8, 4) is 0 Å². The molecule has 16 heavy (non-hydrogen) atoms. The average molecular weight is 331 g/mol. The van der Waals surface area contributed by atoms with Crippen LogP contribution in [0.3, 0.4) is 0 Å². The maximum Gasteiger partial charge on any atom is 3.00 e. The second-order valence-electron chi connectivity index (χ2n) is 3.25. The van der Waals surface area contributed by atoms with Gasteiger partial charge in [-0.15, -0.1) is 23.8 Å². The van der Waals surface area contributed by atoms with E-state index in [0.717, 1.165) is 12.8 Å². The van der Waals surface area contributed by atoms with Gasteiger partial charge in [-0.3, -0.25) is 0 Å². The molecule has 1 radical (unpaired) electrons. The van der Waals surface area contributed by atoms with Crippen molar-refractivity contribution >= 4 is 5.57 Å². The Bertz CT molecular complexity index is 370. The molecule has 0 saturated heterocycles. The summed E-state index contributed by atoms with van der Waals surface area (Å²) in [5.41, 5.74) is 3.94. The van der Waals surface area contributed by atoms with Crippen LogP contribution in [0, 0.1) is 6.08 Å². The molecule has 1 aliphatic rings. The predicted octanol–water partition coefficient (Wildman–Crippen LogP) is -2.60.